The van der Waals surface area contributed by atoms with Gasteiger partial charge in [0.15, 0.2) is 5.60 Å². The Kier molecular flexibility index (Phi) is 2.34. The quantitative estimate of drug-likeness (QED) is 0.366. The summed E-state index contributed by atoms with van der Waals surface area (Å²) in [6.45, 7) is 0. The van der Waals surface area contributed by atoms with Crippen LogP contribution in [0.4, 0.5) is 0 Å². The SMILES string of the molecule is c1ccc2c(c1)C1c3ccccc3C2C23Oc4cccc2c4C1c1ccccc13. The van der Waals surface area contributed by atoms with E-state index in [1.165, 1.54) is 44.5 Å². The van der Waals surface area contributed by atoms with Crippen LogP contribution in [0.25, 0.3) is 0 Å². The molecule has 1 heterocycles. The van der Waals surface area contributed by atoms with Crippen molar-refractivity contribution in [3.05, 3.63) is 136 Å². The zero-order valence-corrected chi connectivity index (χ0v) is 15.8. The third kappa shape index (κ3) is 1.42. The molecule has 0 amide bonds. The largest absolute Gasteiger partial charge is 0.476 e. The maximum Gasteiger partial charge on any atom is 0.171 e. The third-order valence-corrected chi connectivity index (χ3v) is 7.77. The first-order valence-corrected chi connectivity index (χ1v) is 10.5. The van der Waals surface area contributed by atoms with E-state index in [0.29, 0.717) is 5.92 Å². The zero-order chi connectivity index (χ0) is 18.7. The number of benzene rings is 4. The molecule has 2 unspecified atom stereocenters. The summed E-state index contributed by atoms with van der Waals surface area (Å²) in [6, 6.07) is 33.9. The van der Waals surface area contributed by atoms with Crippen molar-refractivity contribution in [3.63, 3.8) is 0 Å². The number of rotatable bonds is 0. The summed E-state index contributed by atoms with van der Waals surface area (Å²) in [5.41, 5.74) is 11.0. The van der Waals surface area contributed by atoms with Crippen molar-refractivity contribution in [2.24, 2.45) is 0 Å². The molecule has 1 heteroatoms. The van der Waals surface area contributed by atoms with Gasteiger partial charge < -0.3 is 4.74 Å². The molecule has 7 aliphatic rings. The van der Waals surface area contributed by atoms with Gasteiger partial charge in [-0.3, -0.25) is 0 Å². The van der Waals surface area contributed by atoms with Gasteiger partial charge in [0.1, 0.15) is 5.75 Å². The lowest BCUT2D eigenvalue weighted by Gasteiger charge is -2.51. The van der Waals surface area contributed by atoms with E-state index in [4.69, 9.17) is 4.74 Å². The average molecular weight is 370 g/mol. The molecular formula is C28H18O. The Morgan fingerprint density at radius 3 is 1.83 bits per heavy atom. The Hall–Kier alpha value is -3.32. The zero-order valence-electron chi connectivity index (χ0n) is 15.8. The van der Waals surface area contributed by atoms with E-state index in [1.54, 1.807) is 0 Å². The summed E-state index contributed by atoms with van der Waals surface area (Å²) in [5.74, 6) is 1.85. The first-order valence-electron chi connectivity index (χ1n) is 10.5. The molecule has 136 valence electrons. The number of hydrogen-bond acceptors (Lipinski definition) is 1. The maximum atomic E-state index is 7.04. The van der Waals surface area contributed by atoms with Crippen LogP contribution in [0, 0.1) is 0 Å². The molecule has 0 aromatic heterocycles. The lowest BCUT2D eigenvalue weighted by molar-refractivity contribution is 0.103. The Labute approximate surface area is 169 Å². The van der Waals surface area contributed by atoms with Crippen molar-refractivity contribution >= 4 is 0 Å². The molecule has 7 bridgehead atoms. The van der Waals surface area contributed by atoms with Crippen LogP contribution in [0.2, 0.25) is 0 Å². The lowest BCUT2D eigenvalue weighted by atomic mass is 9.52. The van der Waals surface area contributed by atoms with Gasteiger partial charge >= 0.3 is 0 Å². The van der Waals surface area contributed by atoms with Crippen LogP contribution in [-0.4, -0.2) is 0 Å². The van der Waals surface area contributed by atoms with Gasteiger partial charge in [-0.2, -0.15) is 0 Å². The van der Waals surface area contributed by atoms with Gasteiger partial charge in [-0.15, -0.1) is 0 Å². The minimum absolute atomic E-state index is 0.159. The normalized spacial score (nSPS) is 28.1. The minimum atomic E-state index is -0.473. The van der Waals surface area contributed by atoms with E-state index in [0.717, 1.165) is 5.75 Å². The van der Waals surface area contributed by atoms with Gasteiger partial charge in [0, 0.05) is 28.5 Å². The van der Waals surface area contributed by atoms with Gasteiger partial charge in [-0.25, -0.2) is 0 Å². The van der Waals surface area contributed by atoms with Crippen LogP contribution in [0.15, 0.2) is 91.0 Å². The summed E-state index contributed by atoms with van der Waals surface area (Å²) < 4.78 is 7.04. The molecule has 0 saturated heterocycles. The molecule has 1 aliphatic heterocycles. The molecule has 2 atom stereocenters. The van der Waals surface area contributed by atoms with E-state index < -0.39 is 5.60 Å². The van der Waals surface area contributed by atoms with Gasteiger partial charge in [0.05, 0.1) is 5.92 Å². The molecule has 4 aromatic carbocycles. The average Bonchev–Trinajstić information content (AvgIpc) is 2.90. The monoisotopic (exact) mass is 370 g/mol. The standard InChI is InChI=1S/C28H18O/c1-3-10-18-16(8-1)24-17-9-2-4-11-19(17)27(18)28-21-13-6-5-12-20(21)25(24)26-22(28)14-7-15-23(26)29-28/h1-15,24-25,27H. The Balaban J connectivity index is 1.65. The smallest absolute Gasteiger partial charge is 0.171 e. The van der Waals surface area contributed by atoms with Crippen LogP contribution < -0.4 is 4.74 Å². The van der Waals surface area contributed by atoms with Crippen molar-refractivity contribution in [2.45, 2.75) is 23.4 Å². The second-order valence-electron chi connectivity index (χ2n) is 8.79. The summed E-state index contributed by atoms with van der Waals surface area (Å²) in [6.07, 6.45) is 0. The second-order valence-corrected chi connectivity index (χ2v) is 8.79. The molecule has 0 saturated carbocycles. The van der Waals surface area contributed by atoms with E-state index in [-0.39, 0.29) is 11.8 Å². The van der Waals surface area contributed by atoms with Crippen molar-refractivity contribution in [1.29, 1.82) is 0 Å². The molecule has 1 spiro atoms. The van der Waals surface area contributed by atoms with Gasteiger partial charge in [0.25, 0.3) is 0 Å². The topological polar surface area (TPSA) is 9.23 Å². The molecule has 0 fully saturated rings. The second kappa shape index (κ2) is 4.63. The Bertz CT molecular complexity index is 1320. The highest BCUT2D eigenvalue weighted by atomic mass is 16.5. The van der Waals surface area contributed by atoms with E-state index in [9.17, 15) is 0 Å². The van der Waals surface area contributed by atoms with Crippen molar-refractivity contribution in [1.82, 2.24) is 0 Å². The van der Waals surface area contributed by atoms with Crippen molar-refractivity contribution in [2.75, 3.05) is 0 Å². The summed E-state index contributed by atoms with van der Waals surface area (Å²) in [5, 5.41) is 0. The lowest BCUT2D eigenvalue weighted by Crippen LogP contribution is -2.46. The van der Waals surface area contributed by atoms with Crippen LogP contribution in [-0.2, 0) is 5.60 Å². The van der Waals surface area contributed by atoms with Crippen LogP contribution >= 0.6 is 0 Å². The number of ether oxygens (including phenoxy) is 1. The molecule has 0 N–H and O–H groups in total. The molecule has 0 radical (unpaired) electrons. The van der Waals surface area contributed by atoms with Gasteiger partial charge in [-0.05, 0) is 33.9 Å². The fraction of sp³-hybridized carbons (Fsp3) is 0.143. The van der Waals surface area contributed by atoms with Crippen molar-refractivity contribution < 1.29 is 4.74 Å². The molecule has 4 aromatic rings. The third-order valence-electron chi connectivity index (χ3n) is 7.77. The van der Waals surface area contributed by atoms with Gasteiger partial charge in [0.2, 0.25) is 0 Å². The first-order chi connectivity index (χ1) is 14.4. The molecule has 11 rings (SSSR count). The predicted octanol–water partition coefficient (Wildman–Crippen LogP) is 6.06. The van der Waals surface area contributed by atoms with Crippen LogP contribution in [0.5, 0.6) is 5.75 Å². The fourth-order valence-corrected chi connectivity index (χ4v) is 6.93. The highest BCUT2D eigenvalue weighted by Gasteiger charge is 2.62. The molecule has 29 heavy (non-hydrogen) atoms. The minimum Gasteiger partial charge on any atom is -0.476 e. The summed E-state index contributed by atoms with van der Waals surface area (Å²) in [7, 11) is 0. The summed E-state index contributed by atoms with van der Waals surface area (Å²) >= 11 is 0. The predicted molar refractivity (Wildman–Crippen MR) is 113 cm³/mol. The fourth-order valence-electron chi connectivity index (χ4n) is 6.93. The Morgan fingerprint density at radius 2 is 1.10 bits per heavy atom. The van der Waals surface area contributed by atoms with Gasteiger partial charge in [-0.1, -0.05) is 84.9 Å². The highest BCUT2D eigenvalue weighted by molar-refractivity contribution is 5.73. The van der Waals surface area contributed by atoms with Crippen LogP contribution in [0.1, 0.15) is 62.3 Å². The van der Waals surface area contributed by atoms with Crippen LogP contribution in [0.3, 0.4) is 0 Å². The maximum absolute atomic E-state index is 7.04. The first kappa shape index (κ1) is 14.6. The van der Waals surface area contributed by atoms with E-state index in [2.05, 4.69) is 91.0 Å². The highest BCUT2D eigenvalue weighted by Crippen LogP contribution is 2.70. The van der Waals surface area contributed by atoms with Crippen molar-refractivity contribution in [3.8, 4) is 5.75 Å². The molecule has 6 aliphatic carbocycles. The number of hydrogen-bond donors (Lipinski definition) is 0. The molecule has 1 nitrogen and oxygen atoms in total. The van der Waals surface area contributed by atoms with E-state index in [1.807, 2.05) is 0 Å². The van der Waals surface area contributed by atoms with E-state index >= 15 is 0 Å². The molecular weight excluding hydrogens is 352 g/mol. The summed E-state index contributed by atoms with van der Waals surface area (Å²) in [4.78, 5) is 0. The Morgan fingerprint density at radius 1 is 0.517 bits per heavy atom.